The van der Waals surface area contributed by atoms with Crippen molar-refractivity contribution in [3.05, 3.63) is 92.9 Å². The van der Waals surface area contributed by atoms with Gasteiger partial charge in [0.15, 0.2) is 11.4 Å². The third kappa shape index (κ3) is 16.3. The molecule has 1 fully saturated rings. The van der Waals surface area contributed by atoms with Crippen LogP contribution in [0.4, 0.5) is 4.39 Å². The Kier molecular flexibility index (Phi) is 23.2. The van der Waals surface area contributed by atoms with Crippen LogP contribution in [-0.2, 0) is 86.2 Å². The van der Waals surface area contributed by atoms with Crippen molar-refractivity contribution in [3.8, 4) is 0 Å². The molecular formula is C68H91BFN9O15. The minimum Gasteiger partial charge on any atom is -0.458 e. The quantitative estimate of drug-likeness (QED) is 0.0151. The number of carbonyl (C=O) groups is 10. The number of Topliss-reactive ketones (excluding diaryl/α,β-unsaturated/α-hetero) is 1. The number of halogens is 1. The molecule has 24 nitrogen and oxygen atoms in total. The van der Waals surface area contributed by atoms with E-state index < -0.39 is 138 Å². The number of ketones is 1. The summed E-state index contributed by atoms with van der Waals surface area (Å²) in [5.74, 6) is -7.83. The highest BCUT2D eigenvalue weighted by atomic mass is 19.1. The van der Waals surface area contributed by atoms with Crippen LogP contribution in [0.3, 0.4) is 0 Å². The Morgan fingerprint density at radius 3 is 2.24 bits per heavy atom. The van der Waals surface area contributed by atoms with Gasteiger partial charge in [-0.1, -0.05) is 58.0 Å². The molecule has 3 aliphatic carbocycles. The molecule has 3 aromatic rings. The minimum atomic E-state index is -2.05. The molecule has 8 N–H and O–H groups in total. The fourth-order valence-electron chi connectivity index (χ4n) is 13.0. The lowest BCUT2D eigenvalue weighted by molar-refractivity contribution is -0.163. The molecule has 3 heterocycles. The number of aryl methyl sites for hydroxylation is 1. The molecule has 0 bridgehead atoms. The number of fused-ring (bicyclic) bond motifs is 4. The Morgan fingerprint density at radius 1 is 0.883 bits per heavy atom. The summed E-state index contributed by atoms with van der Waals surface area (Å²) in [5, 5.41) is 31.2. The van der Waals surface area contributed by atoms with Crippen molar-refractivity contribution < 1.29 is 76.4 Å². The number of cyclic esters (lactones) is 1. The molecule has 8 rings (SSSR count). The van der Waals surface area contributed by atoms with E-state index >= 15 is 4.39 Å². The van der Waals surface area contributed by atoms with E-state index in [1.807, 2.05) is 49.4 Å². The van der Waals surface area contributed by atoms with E-state index in [9.17, 15) is 53.1 Å². The van der Waals surface area contributed by atoms with Crippen molar-refractivity contribution in [2.24, 2.45) is 17.3 Å². The molecule has 2 aromatic carbocycles. The minimum absolute atomic E-state index is 0.00760. The number of ether oxygens (including phenoxy) is 4. The van der Waals surface area contributed by atoms with Gasteiger partial charge in [0.05, 0.1) is 48.4 Å². The molecule has 0 spiro atoms. The number of rotatable bonds is 31. The van der Waals surface area contributed by atoms with Crippen LogP contribution in [0.2, 0.25) is 0 Å². The number of hydrogen-bond donors (Lipinski definition) is 8. The molecule has 2 aliphatic heterocycles. The molecule has 26 heteroatoms. The molecule has 8 amide bonds. The zero-order valence-corrected chi connectivity index (χ0v) is 55.9. The fourth-order valence-corrected chi connectivity index (χ4v) is 13.0. The number of carbonyl (C=O) groups excluding carboxylic acids is 10. The maximum absolute atomic E-state index is 15.6. The van der Waals surface area contributed by atoms with E-state index in [2.05, 4.69) is 37.2 Å². The molecule has 0 radical (unpaired) electrons. The normalized spacial score (nSPS) is 21.0. The Balaban J connectivity index is 0.839. The smallest absolute Gasteiger partial charge is 0.343 e. The monoisotopic (exact) mass is 1300 g/mol. The third-order valence-electron chi connectivity index (χ3n) is 19.7. The number of imide groups is 1. The van der Waals surface area contributed by atoms with Crippen LogP contribution in [0.15, 0.2) is 53.6 Å². The number of aromatic nitrogens is 1. The predicted octanol–water partition coefficient (Wildman–Crippen LogP) is 2.59. The van der Waals surface area contributed by atoms with Crippen LogP contribution in [0.1, 0.15) is 146 Å². The molecule has 94 heavy (non-hydrogen) atoms. The van der Waals surface area contributed by atoms with Crippen LogP contribution < -0.4 is 37.2 Å². The van der Waals surface area contributed by atoms with Crippen LogP contribution in [0.5, 0.6) is 0 Å². The van der Waals surface area contributed by atoms with Gasteiger partial charge >= 0.3 is 5.97 Å². The lowest BCUT2D eigenvalue weighted by Crippen LogP contribution is -2.56. The summed E-state index contributed by atoms with van der Waals surface area (Å²) in [6.45, 7) is 14.7. The van der Waals surface area contributed by atoms with Crippen molar-refractivity contribution in [1.29, 1.82) is 0 Å². The van der Waals surface area contributed by atoms with Gasteiger partial charge in [0.25, 0.3) is 0 Å². The highest BCUT2D eigenvalue weighted by molar-refractivity contribution is 6.14. The first-order chi connectivity index (χ1) is 44.5. The highest BCUT2D eigenvalue weighted by Crippen LogP contribution is 2.50. The molecular weight excluding hydrogens is 1210 g/mol. The first-order valence-electron chi connectivity index (χ1n) is 32.6. The number of nitrogens with zero attached hydrogens (tertiary/aromatic N) is 2. The van der Waals surface area contributed by atoms with E-state index in [1.165, 1.54) is 13.0 Å². The maximum atomic E-state index is 15.6. The number of pyridine rings is 1. The van der Waals surface area contributed by atoms with Gasteiger partial charge in [0, 0.05) is 67.6 Å². The largest absolute Gasteiger partial charge is 0.458 e. The summed E-state index contributed by atoms with van der Waals surface area (Å²) in [4.78, 5) is 142. The molecule has 1 saturated heterocycles. The van der Waals surface area contributed by atoms with Gasteiger partial charge in [-0.3, -0.25) is 48.1 Å². The zero-order valence-electron chi connectivity index (χ0n) is 55.9. The van der Waals surface area contributed by atoms with Crippen LogP contribution in [0, 0.1) is 30.0 Å². The standard InChI is InChI=1S/C68H91BFN9O15/c1-11-66(8,12-2)46-29-56(84)79(63(46)88)51(31-71-23-21-65(6,7)94-24-22-67(9,69)91-10)62(87)74-32-53(81)72-34-55(83)76-50(25-39-17-15-14-16-18-39)61(86)73-33-54(82)75-36-93-38(5)60(85)78-48-20-19-41-37(4)47(70)30-49-57(41)58(48)43-26-40-27-52(80)44-35-92-64(89)68(90,13-3)45(44)28-42(40)59(43)77-49/h14-18,28,30,38,40,46,48,50-51,71,90H,11-13,19-27,29,31-36,69H2,1-10H3,(H,72,81)(H,73,86)(H,74,87)(H,75,82)(H,76,83)(H,78,85)/t38-,40?,46?,48+,50+,51+,67?,68+/m1/s1. The number of hydrogen-bond acceptors (Lipinski definition) is 17. The van der Waals surface area contributed by atoms with Gasteiger partial charge in [-0.05, 0) is 143 Å². The number of methoxy groups -OCH3 is 1. The lowest BCUT2D eigenvalue weighted by Gasteiger charge is -2.33. The maximum Gasteiger partial charge on any atom is 0.343 e. The van der Waals surface area contributed by atoms with Gasteiger partial charge in [0.2, 0.25) is 47.3 Å². The van der Waals surface area contributed by atoms with Gasteiger partial charge in [0.1, 0.15) is 45.2 Å². The molecule has 3 unspecified atom stereocenters. The number of amides is 8. The van der Waals surface area contributed by atoms with E-state index in [0.717, 1.165) is 21.6 Å². The van der Waals surface area contributed by atoms with E-state index in [1.54, 1.807) is 57.4 Å². The summed E-state index contributed by atoms with van der Waals surface area (Å²) >= 11 is 0. The summed E-state index contributed by atoms with van der Waals surface area (Å²) in [7, 11) is 3.61. The number of nitrogens with one attached hydrogen (secondary N) is 7. The topological polar surface area (TPSA) is 328 Å². The van der Waals surface area contributed by atoms with Crippen molar-refractivity contribution in [1.82, 2.24) is 47.1 Å². The van der Waals surface area contributed by atoms with Crippen molar-refractivity contribution >= 4 is 83.3 Å². The van der Waals surface area contributed by atoms with Crippen molar-refractivity contribution in [2.75, 3.05) is 59.8 Å². The fraction of sp³-hybridized carbons (Fsp3) is 0.574. The average molecular weight is 1300 g/mol. The zero-order chi connectivity index (χ0) is 68.6. The number of likely N-dealkylation sites (tertiary alicyclic amines) is 1. The molecule has 508 valence electrons. The first kappa shape index (κ1) is 72.1. The number of esters is 1. The van der Waals surface area contributed by atoms with Gasteiger partial charge in [-0.2, -0.15) is 0 Å². The van der Waals surface area contributed by atoms with Gasteiger partial charge in [-0.15, -0.1) is 0 Å². The van der Waals surface area contributed by atoms with Crippen LogP contribution in [-0.4, -0.2) is 177 Å². The summed E-state index contributed by atoms with van der Waals surface area (Å²) in [6.07, 6.45) is 4.10. The number of aliphatic hydroxyl groups is 1. The predicted molar refractivity (Wildman–Crippen MR) is 347 cm³/mol. The Labute approximate surface area is 548 Å². The highest BCUT2D eigenvalue weighted by Gasteiger charge is 2.52. The Morgan fingerprint density at radius 2 is 1.56 bits per heavy atom. The van der Waals surface area contributed by atoms with Gasteiger partial charge < -0.3 is 61.3 Å². The summed E-state index contributed by atoms with van der Waals surface area (Å²) < 4.78 is 38.3. The van der Waals surface area contributed by atoms with Crippen molar-refractivity contribution in [3.63, 3.8) is 0 Å². The van der Waals surface area contributed by atoms with Crippen LogP contribution in [0.25, 0.3) is 16.5 Å². The van der Waals surface area contributed by atoms with E-state index in [4.69, 9.17) is 23.9 Å². The first-order valence-corrected chi connectivity index (χ1v) is 32.6. The second kappa shape index (κ2) is 30.3. The second-order valence-electron chi connectivity index (χ2n) is 26.7. The SMILES string of the molecule is BC(C)(CCOC(C)(C)CCNC[C@@H](C(=O)NCC(=O)NCC(=O)N[C@@H](Cc1ccccc1)C(=O)NCC(=O)NCO[C@H](C)C(=O)N[C@H]1CCc2c(C)c(F)cc3nc4c(c1c23)CC1CC(=O)C2=C(C=C41)[C@@](O)(CC)C(=O)OC2)N1C(=O)CC(C(C)(CC)CC)C1=O)OC. The number of benzene rings is 2. The van der Waals surface area contributed by atoms with Gasteiger partial charge in [-0.25, -0.2) is 14.2 Å². The van der Waals surface area contributed by atoms with Crippen molar-refractivity contribution in [2.45, 2.75) is 174 Å². The third-order valence-corrected chi connectivity index (χ3v) is 19.7. The van der Waals surface area contributed by atoms with E-state index in [-0.39, 0.29) is 61.3 Å². The number of allylic oxidation sites excluding steroid dienone is 1. The Bertz CT molecular complexity index is 3520. The summed E-state index contributed by atoms with van der Waals surface area (Å²) in [5.41, 5.74) is 1.77. The van der Waals surface area contributed by atoms with E-state index in [0.29, 0.717) is 91.4 Å². The molecule has 0 saturated carbocycles. The lowest BCUT2D eigenvalue weighted by atomic mass is 9.72. The average Bonchev–Trinajstić information content (AvgIpc) is 1.45. The molecule has 5 aliphatic rings. The summed E-state index contributed by atoms with van der Waals surface area (Å²) in [6, 6.07) is 6.96. The second-order valence-corrected chi connectivity index (χ2v) is 26.7. The van der Waals surface area contributed by atoms with Crippen LogP contribution >= 0.6 is 0 Å². The molecule has 1 aromatic heterocycles. The Hall–Kier alpha value is -7.78. The molecule has 8 atom stereocenters.